The lowest BCUT2D eigenvalue weighted by Gasteiger charge is -2.24. The van der Waals surface area contributed by atoms with E-state index < -0.39 is 22.5 Å². The van der Waals surface area contributed by atoms with Gasteiger partial charge in [0.15, 0.2) is 0 Å². The summed E-state index contributed by atoms with van der Waals surface area (Å²) >= 11 is 6.29. The van der Waals surface area contributed by atoms with Gasteiger partial charge in [0, 0.05) is 17.0 Å². The van der Waals surface area contributed by atoms with Crippen molar-refractivity contribution >= 4 is 50.3 Å². The maximum Gasteiger partial charge on any atom is 0.264 e. The van der Waals surface area contributed by atoms with Crippen molar-refractivity contribution in [2.75, 3.05) is 18.0 Å². The van der Waals surface area contributed by atoms with Crippen molar-refractivity contribution in [3.8, 4) is 5.75 Å². The van der Waals surface area contributed by atoms with Gasteiger partial charge in [-0.25, -0.2) is 18.8 Å². The van der Waals surface area contributed by atoms with E-state index in [0.717, 1.165) is 20.8 Å². The van der Waals surface area contributed by atoms with Gasteiger partial charge in [0.2, 0.25) is 0 Å². The van der Waals surface area contributed by atoms with Crippen LogP contribution in [-0.4, -0.2) is 39.2 Å². The molecule has 37 heavy (non-hydrogen) atoms. The molecule has 1 amide bonds. The SMILES string of the molecule is COc1ccc2cc(/C=N\NC(=O)CN(c3ccc(C)cc3)S(=O)(=O)c3ccc(C)cc3)c(Cl)nc2c1. The Bertz CT molecular complexity index is 1570. The molecule has 3 aromatic carbocycles. The maximum atomic E-state index is 13.4. The molecule has 0 atom stereocenters. The number of anilines is 1. The molecular formula is C27H25ClN4O4S. The Hall–Kier alpha value is -3.95. The largest absolute Gasteiger partial charge is 0.497 e. The molecule has 0 aliphatic heterocycles. The molecule has 1 aromatic heterocycles. The second-order valence-corrected chi connectivity index (χ2v) is 10.6. The number of ether oxygens (including phenoxy) is 1. The Kier molecular flexibility index (Phi) is 7.75. The molecule has 0 fully saturated rings. The van der Waals surface area contributed by atoms with Gasteiger partial charge >= 0.3 is 0 Å². The first-order chi connectivity index (χ1) is 17.7. The number of nitrogens with zero attached hydrogens (tertiary/aromatic N) is 3. The summed E-state index contributed by atoms with van der Waals surface area (Å²) in [5, 5.41) is 4.98. The lowest BCUT2D eigenvalue weighted by atomic mass is 10.1. The first-order valence-corrected chi connectivity index (χ1v) is 13.1. The summed E-state index contributed by atoms with van der Waals surface area (Å²) in [5.41, 5.74) is 5.78. The highest BCUT2D eigenvalue weighted by molar-refractivity contribution is 7.92. The van der Waals surface area contributed by atoms with Crippen LogP contribution in [0.2, 0.25) is 5.15 Å². The van der Waals surface area contributed by atoms with E-state index in [0.29, 0.717) is 22.5 Å². The number of nitrogens with one attached hydrogen (secondary N) is 1. The molecule has 0 radical (unpaired) electrons. The number of pyridine rings is 1. The van der Waals surface area contributed by atoms with Crippen LogP contribution in [0.15, 0.2) is 82.8 Å². The molecule has 0 saturated heterocycles. The zero-order valence-corrected chi connectivity index (χ0v) is 22.0. The smallest absolute Gasteiger partial charge is 0.264 e. The molecular weight excluding hydrogens is 512 g/mol. The minimum absolute atomic E-state index is 0.0839. The third kappa shape index (κ3) is 6.07. The highest BCUT2D eigenvalue weighted by Gasteiger charge is 2.27. The van der Waals surface area contributed by atoms with Crippen molar-refractivity contribution in [2.24, 2.45) is 5.10 Å². The van der Waals surface area contributed by atoms with Crippen molar-refractivity contribution in [1.29, 1.82) is 0 Å². The number of hydrogen-bond donors (Lipinski definition) is 1. The molecule has 0 unspecified atom stereocenters. The van der Waals surface area contributed by atoms with Gasteiger partial charge in [-0.15, -0.1) is 0 Å². The summed E-state index contributed by atoms with van der Waals surface area (Å²) in [6, 6.07) is 20.5. The molecule has 0 bridgehead atoms. The van der Waals surface area contributed by atoms with Crippen molar-refractivity contribution in [1.82, 2.24) is 10.4 Å². The summed E-state index contributed by atoms with van der Waals surface area (Å²) in [6.07, 6.45) is 1.36. The number of rotatable bonds is 8. The zero-order valence-electron chi connectivity index (χ0n) is 20.5. The minimum atomic E-state index is -4.01. The van der Waals surface area contributed by atoms with Crippen LogP contribution in [0.3, 0.4) is 0 Å². The molecule has 1 N–H and O–H groups in total. The lowest BCUT2D eigenvalue weighted by molar-refractivity contribution is -0.119. The molecule has 4 aromatic rings. The number of hydrogen-bond acceptors (Lipinski definition) is 6. The molecule has 4 rings (SSSR count). The maximum absolute atomic E-state index is 13.4. The average Bonchev–Trinajstić information content (AvgIpc) is 2.88. The Labute approximate surface area is 220 Å². The first-order valence-electron chi connectivity index (χ1n) is 11.3. The number of halogens is 1. The van der Waals surface area contributed by atoms with E-state index in [1.54, 1.807) is 61.7 Å². The number of aryl methyl sites for hydroxylation is 2. The molecule has 0 aliphatic carbocycles. The number of fused-ring (bicyclic) bond motifs is 1. The van der Waals surface area contributed by atoms with Crippen molar-refractivity contribution < 1.29 is 17.9 Å². The fourth-order valence-electron chi connectivity index (χ4n) is 3.56. The van der Waals surface area contributed by atoms with Crippen LogP contribution < -0.4 is 14.5 Å². The summed E-state index contributed by atoms with van der Waals surface area (Å²) in [7, 11) is -2.45. The van der Waals surface area contributed by atoms with Gasteiger partial charge in [-0.2, -0.15) is 5.10 Å². The van der Waals surface area contributed by atoms with Crippen molar-refractivity contribution in [3.05, 3.63) is 94.6 Å². The number of benzene rings is 3. The topological polar surface area (TPSA) is 101 Å². The minimum Gasteiger partial charge on any atom is -0.497 e. The average molecular weight is 537 g/mol. The van der Waals surface area contributed by atoms with E-state index in [1.807, 2.05) is 19.9 Å². The standard InChI is InChI=1S/C27H25ClN4O4S/c1-18-4-9-22(10-5-18)32(37(34,35)24-12-6-19(2)7-13-24)17-26(33)31-29-16-21-14-20-8-11-23(36-3)15-25(20)30-27(21)28/h4-16H,17H2,1-3H3,(H,31,33)/b29-16-. The third-order valence-corrected chi connectivity index (χ3v) is 7.71. The number of methoxy groups -OCH3 is 1. The van der Waals surface area contributed by atoms with Gasteiger partial charge in [-0.3, -0.25) is 9.10 Å². The Morgan fingerprint density at radius 3 is 2.32 bits per heavy atom. The van der Waals surface area contributed by atoms with Crippen LogP contribution in [0.1, 0.15) is 16.7 Å². The Morgan fingerprint density at radius 2 is 1.68 bits per heavy atom. The van der Waals surface area contributed by atoms with Crippen LogP contribution in [0, 0.1) is 13.8 Å². The molecule has 1 heterocycles. The first kappa shape index (κ1) is 26.1. The fourth-order valence-corrected chi connectivity index (χ4v) is 5.18. The van der Waals surface area contributed by atoms with Gasteiger partial charge < -0.3 is 4.74 Å². The van der Waals surface area contributed by atoms with Gasteiger partial charge in [0.05, 0.1) is 29.4 Å². The Morgan fingerprint density at radius 1 is 1.03 bits per heavy atom. The van der Waals surface area contributed by atoms with E-state index in [9.17, 15) is 13.2 Å². The summed E-state index contributed by atoms with van der Waals surface area (Å²) in [6.45, 7) is 3.29. The summed E-state index contributed by atoms with van der Waals surface area (Å²) in [5.74, 6) is 0.0330. The van der Waals surface area contributed by atoms with Crippen LogP contribution in [0.25, 0.3) is 10.9 Å². The van der Waals surface area contributed by atoms with E-state index in [2.05, 4.69) is 15.5 Å². The van der Waals surface area contributed by atoms with Crippen molar-refractivity contribution in [3.63, 3.8) is 0 Å². The van der Waals surface area contributed by atoms with E-state index in [4.69, 9.17) is 16.3 Å². The number of carbonyl (C=O) groups is 1. The molecule has 190 valence electrons. The predicted molar refractivity (Wildman–Crippen MR) is 146 cm³/mol. The number of aromatic nitrogens is 1. The highest BCUT2D eigenvalue weighted by atomic mass is 35.5. The summed E-state index contributed by atoms with van der Waals surface area (Å²) < 4.78 is 33.2. The van der Waals surface area contributed by atoms with Gasteiger partial charge in [-0.05, 0) is 56.3 Å². The van der Waals surface area contributed by atoms with Gasteiger partial charge in [0.25, 0.3) is 15.9 Å². The van der Waals surface area contributed by atoms with Crippen LogP contribution >= 0.6 is 11.6 Å². The zero-order chi connectivity index (χ0) is 26.6. The van der Waals surface area contributed by atoms with Crippen LogP contribution in [0.5, 0.6) is 5.75 Å². The lowest BCUT2D eigenvalue weighted by Crippen LogP contribution is -2.39. The highest BCUT2D eigenvalue weighted by Crippen LogP contribution is 2.25. The normalized spacial score (nSPS) is 11.6. The monoisotopic (exact) mass is 536 g/mol. The molecule has 10 heteroatoms. The van der Waals surface area contributed by atoms with Crippen LogP contribution in [0.4, 0.5) is 5.69 Å². The molecule has 0 saturated carbocycles. The molecule has 8 nitrogen and oxygen atoms in total. The fraction of sp³-hybridized carbons (Fsp3) is 0.148. The van der Waals surface area contributed by atoms with E-state index >= 15 is 0 Å². The van der Waals surface area contributed by atoms with E-state index in [1.165, 1.54) is 18.3 Å². The van der Waals surface area contributed by atoms with Gasteiger partial charge in [-0.1, -0.05) is 47.0 Å². The molecule has 0 aliphatic rings. The number of sulfonamides is 1. The second-order valence-electron chi connectivity index (χ2n) is 8.38. The Balaban J connectivity index is 1.55. The van der Waals surface area contributed by atoms with Gasteiger partial charge in [0.1, 0.15) is 17.4 Å². The quantitative estimate of drug-likeness (QED) is 0.197. The van der Waals surface area contributed by atoms with Crippen LogP contribution in [-0.2, 0) is 14.8 Å². The summed E-state index contributed by atoms with van der Waals surface area (Å²) in [4.78, 5) is 17.2. The van der Waals surface area contributed by atoms with Crippen molar-refractivity contribution in [2.45, 2.75) is 18.7 Å². The molecule has 0 spiro atoms. The number of hydrazone groups is 1. The third-order valence-electron chi connectivity index (χ3n) is 5.62. The van der Waals surface area contributed by atoms with E-state index in [-0.39, 0.29) is 10.0 Å². The number of amides is 1. The predicted octanol–water partition coefficient (Wildman–Crippen LogP) is 4.86. The number of carbonyl (C=O) groups excluding carboxylic acids is 1. The second kappa shape index (κ2) is 11.0.